The summed E-state index contributed by atoms with van der Waals surface area (Å²) in [5, 5.41) is 9.36. The molecule has 1 N–H and O–H groups in total. The van der Waals surface area contributed by atoms with E-state index in [0.29, 0.717) is 11.3 Å². The van der Waals surface area contributed by atoms with Crippen LogP contribution in [0.1, 0.15) is 31.8 Å². The molecule has 3 rings (SSSR count). The zero-order chi connectivity index (χ0) is 20.3. The van der Waals surface area contributed by atoms with E-state index < -0.39 is 5.97 Å². The third-order valence-electron chi connectivity index (χ3n) is 4.64. The summed E-state index contributed by atoms with van der Waals surface area (Å²) in [7, 11) is 3.42. The standard InChI is InChI=1S/C23H21NO4/c1-15-8-10-16(11-9-15)24(2)17-12-13-20(21(14-17)28-3)22(25)18-6-4-5-7-19(18)23(26)27/h4-14H,1-3H3,(H,26,27). The topological polar surface area (TPSA) is 66.8 Å². The van der Waals surface area contributed by atoms with Crippen molar-refractivity contribution in [1.82, 2.24) is 0 Å². The van der Waals surface area contributed by atoms with Gasteiger partial charge in [0, 0.05) is 30.1 Å². The Hall–Kier alpha value is -3.60. The van der Waals surface area contributed by atoms with Crippen molar-refractivity contribution in [2.45, 2.75) is 6.92 Å². The smallest absolute Gasteiger partial charge is 0.336 e. The Morgan fingerprint density at radius 2 is 1.46 bits per heavy atom. The van der Waals surface area contributed by atoms with Gasteiger partial charge in [-0.1, -0.05) is 35.9 Å². The Bertz CT molecular complexity index is 1030. The number of aryl methyl sites for hydroxylation is 1. The number of rotatable bonds is 6. The van der Waals surface area contributed by atoms with Gasteiger partial charge in [0.05, 0.1) is 18.2 Å². The molecular weight excluding hydrogens is 354 g/mol. The summed E-state index contributed by atoms with van der Waals surface area (Å²) in [5.41, 5.74) is 3.44. The van der Waals surface area contributed by atoms with Crippen LogP contribution in [-0.4, -0.2) is 31.0 Å². The molecule has 0 aliphatic rings. The van der Waals surface area contributed by atoms with Crippen LogP contribution in [0.2, 0.25) is 0 Å². The number of methoxy groups -OCH3 is 1. The average molecular weight is 375 g/mol. The van der Waals surface area contributed by atoms with Crippen molar-refractivity contribution >= 4 is 23.1 Å². The van der Waals surface area contributed by atoms with Crippen molar-refractivity contribution in [2.24, 2.45) is 0 Å². The highest BCUT2D eigenvalue weighted by atomic mass is 16.5. The third-order valence-corrected chi connectivity index (χ3v) is 4.64. The number of benzene rings is 3. The molecule has 3 aromatic rings. The van der Waals surface area contributed by atoms with Gasteiger partial charge in [-0.25, -0.2) is 4.79 Å². The fraction of sp³-hybridized carbons (Fsp3) is 0.130. The minimum atomic E-state index is -1.14. The van der Waals surface area contributed by atoms with E-state index in [1.807, 2.05) is 49.2 Å². The molecule has 5 nitrogen and oxygen atoms in total. The van der Waals surface area contributed by atoms with Gasteiger partial charge < -0.3 is 14.7 Å². The minimum absolute atomic E-state index is 0.0320. The van der Waals surface area contributed by atoms with Crippen LogP contribution in [0.25, 0.3) is 0 Å². The maximum Gasteiger partial charge on any atom is 0.336 e. The average Bonchev–Trinajstić information content (AvgIpc) is 2.72. The van der Waals surface area contributed by atoms with Crippen LogP contribution in [0.5, 0.6) is 5.75 Å². The van der Waals surface area contributed by atoms with Crippen molar-refractivity contribution in [1.29, 1.82) is 0 Å². The van der Waals surface area contributed by atoms with E-state index >= 15 is 0 Å². The predicted octanol–water partition coefficient (Wildman–Crippen LogP) is 4.70. The molecule has 28 heavy (non-hydrogen) atoms. The number of ether oxygens (including phenoxy) is 1. The Kier molecular flexibility index (Phi) is 5.45. The monoisotopic (exact) mass is 375 g/mol. The lowest BCUT2D eigenvalue weighted by molar-refractivity contribution is 0.0692. The molecule has 0 heterocycles. The molecule has 0 aliphatic carbocycles. The quantitative estimate of drug-likeness (QED) is 0.633. The van der Waals surface area contributed by atoms with E-state index in [1.165, 1.54) is 24.8 Å². The lowest BCUT2D eigenvalue weighted by Gasteiger charge is -2.21. The summed E-state index contributed by atoms with van der Waals surface area (Å²) in [5.74, 6) is -1.14. The second kappa shape index (κ2) is 7.96. The van der Waals surface area contributed by atoms with E-state index in [9.17, 15) is 14.7 Å². The predicted molar refractivity (Wildman–Crippen MR) is 109 cm³/mol. The van der Waals surface area contributed by atoms with Crippen LogP contribution in [-0.2, 0) is 0 Å². The molecule has 3 aromatic carbocycles. The highest BCUT2D eigenvalue weighted by Crippen LogP contribution is 2.31. The van der Waals surface area contributed by atoms with Gasteiger partial charge in [-0.05, 0) is 37.3 Å². The SMILES string of the molecule is COc1cc(N(C)c2ccc(C)cc2)ccc1C(=O)c1ccccc1C(=O)O. The number of carbonyl (C=O) groups excluding carboxylic acids is 1. The van der Waals surface area contributed by atoms with Gasteiger partial charge in [-0.2, -0.15) is 0 Å². The molecule has 0 aromatic heterocycles. The molecular formula is C23H21NO4. The summed E-state index contributed by atoms with van der Waals surface area (Å²) < 4.78 is 5.44. The molecule has 0 radical (unpaired) electrons. The molecule has 0 saturated carbocycles. The van der Waals surface area contributed by atoms with Gasteiger partial charge in [0.15, 0.2) is 5.78 Å². The molecule has 0 fully saturated rings. The lowest BCUT2D eigenvalue weighted by Crippen LogP contribution is -2.13. The Morgan fingerprint density at radius 3 is 2.07 bits per heavy atom. The van der Waals surface area contributed by atoms with Crippen molar-refractivity contribution in [2.75, 3.05) is 19.1 Å². The van der Waals surface area contributed by atoms with Crippen LogP contribution < -0.4 is 9.64 Å². The first-order valence-electron chi connectivity index (χ1n) is 8.78. The van der Waals surface area contributed by atoms with E-state index in [-0.39, 0.29) is 16.9 Å². The zero-order valence-corrected chi connectivity index (χ0v) is 16.0. The number of nitrogens with zero attached hydrogens (tertiary/aromatic N) is 1. The van der Waals surface area contributed by atoms with Crippen LogP contribution in [0.3, 0.4) is 0 Å². The van der Waals surface area contributed by atoms with E-state index in [1.54, 1.807) is 24.3 Å². The summed E-state index contributed by atoms with van der Waals surface area (Å²) in [6, 6.07) is 19.5. The Balaban J connectivity index is 1.99. The number of hydrogen-bond donors (Lipinski definition) is 1. The van der Waals surface area contributed by atoms with Crippen LogP contribution in [0, 0.1) is 6.92 Å². The van der Waals surface area contributed by atoms with Crippen molar-refractivity contribution in [3.05, 3.63) is 89.0 Å². The number of carbonyl (C=O) groups is 2. The van der Waals surface area contributed by atoms with E-state index in [4.69, 9.17) is 4.74 Å². The van der Waals surface area contributed by atoms with Crippen molar-refractivity contribution in [3.63, 3.8) is 0 Å². The highest BCUT2D eigenvalue weighted by Gasteiger charge is 2.21. The third kappa shape index (κ3) is 3.74. The van der Waals surface area contributed by atoms with E-state index in [0.717, 1.165) is 11.4 Å². The second-order valence-corrected chi connectivity index (χ2v) is 6.46. The molecule has 0 atom stereocenters. The normalized spacial score (nSPS) is 10.4. The molecule has 0 amide bonds. The van der Waals surface area contributed by atoms with Crippen LogP contribution >= 0.6 is 0 Å². The number of carboxylic acid groups (broad SMARTS) is 1. The van der Waals surface area contributed by atoms with Gasteiger partial charge in [0.1, 0.15) is 5.75 Å². The maximum absolute atomic E-state index is 13.0. The van der Waals surface area contributed by atoms with Gasteiger partial charge >= 0.3 is 5.97 Å². The Morgan fingerprint density at radius 1 is 0.857 bits per heavy atom. The Labute approximate surface area is 163 Å². The van der Waals surface area contributed by atoms with Crippen molar-refractivity contribution in [3.8, 4) is 5.75 Å². The second-order valence-electron chi connectivity index (χ2n) is 6.46. The molecule has 0 saturated heterocycles. The van der Waals surface area contributed by atoms with Crippen LogP contribution in [0.4, 0.5) is 11.4 Å². The first-order chi connectivity index (χ1) is 13.4. The highest BCUT2D eigenvalue weighted by molar-refractivity contribution is 6.15. The van der Waals surface area contributed by atoms with Gasteiger partial charge in [-0.15, -0.1) is 0 Å². The molecule has 142 valence electrons. The molecule has 0 spiro atoms. The molecule has 0 unspecified atom stereocenters. The number of anilines is 2. The molecule has 5 heteroatoms. The molecule has 0 aliphatic heterocycles. The van der Waals surface area contributed by atoms with Gasteiger partial charge in [-0.3, -0.25) is 4.79 Å². The van der Waals surface area contributed by atoms with Gasteiger partial charge in [0.2, 0.25) is 0 Å². The number of aromatic carboxylic acids is 1. The van der Waals surface area contributed by atoms with Crippen molar-refractivity contribution < 1.29 is 19.4 Å². The first kappa shape index (κ1) is 19.2. The number of ketones is 1. The van der Waals surface area contributed by atoms with Gasteiger partial charge in [0.25, 0.3) is 0 Å². The maximum atomic E-state index is 13.0. The first-order valence-corrected chi connectivity index (χ1v) is 8.78. The number of hydrogen-bond acceptors (Lipinski definition) is 4. The lowest BCUT2D eigenvalue weighted by atomic mass is 9.97. The summed E-state index contributed by atoms with van der Waals surface area (Å²) >= 11 is 0. The fourth-order valence-corrected chi connectivity index (χ4v) is 3.01. The molecule has 0 bridgehead atoms. The largest absolute Gasteiger partial charge is 0.496 e. The zero-order valence-electron chi connectivity index (χ0n) is 16.0. The minimum Gasteiger partial charge on any atom is -0.496 e. The van der Waals surface area contributed by atoms with E-state index in [2.05, 4.69) is 0 Å². The van der Waals surface area contributed by atoms with Crippen LogP contribution in [0.15, 0.2) is 66.7 Å². The number of carboxylic acids is 1. The summed E-state index contributed by atoms with van der Waals surface area (Å²) in [4.78, 5) is 26.4. The summed E-state index contributed by atoms with van der Waals surface area (Å²) in [6.07, 6.45) is 0. The fourth-order valence-electron chi connectivity index (χ4n) is 3.01. The summed E-state index contributed by atoms with van der Waals surface area (Å²) in [6.45, 7) is 2.03.